The molecule has 0 atom stereocenters. The molecule has 1 N–H and O–H groups in total. The molecule has 1 aliphatic carbocycles. The van der Waals surface area contributed by atoms with Crippen LogP contribution in [0.4, 0.5) is 0 Å². The monoisotopic (exact) mass is 234 g/mol. The highest BCUT2D eigenvalue weighted by Crippen LogP contribution is 2.49. The zero-order valence-corrected chi connectivity index (χ0v) is 9.66. The number of ether oxygens (including phenoxy) is 2. The molecular weight excluding hydrogens is 220 g/mol. The lowest BCUT2D eigenvalue weighted by Crippen LogP contribution is -2.17. The number of carboxylic acid groups (broad SMARTS) is 1. The van der Waals surface area contributed by atoms with Crippen molar-refractivity contribution < 1.29 is 19.4 Å². The number of aryl methyl sites for hydroxylation is 1. The number of hydrogen-bond donors (Lipinski definition) is 1. The first-order valence-corrected chi connectivity index (χ1v) is 5.73. The molecule has 17 heavy (non-hydrogen) atoms. The Hall–Kier alpha value is -1.71. The molecule has 0 aromatic heterocycles. The molecule has 1 fully saturated rings. The molecular formula is C13H14O4. The van der Waals surface area contributed by atoms with Crippen molar-refractivity contribution >= 4 is 5.97 Å². The van der Waals surface area contributed by atoms with Crippen LogP contribution in [0.5, 0.6) is 11.5 Å². The van der Waals surface area contributed by atoms with Crippen LogP contribution in [-0.4, -0.2) is 24.3 Å². The van der Waals surface area contributed by atoms with Crippen LogP contribution in [-0.2, 0) is 0 Å². The van der Waals surface area contributed by atoms with E-state index < -0.39 is 5.97 Å². The summed E-state index contributed by atoms with van der Waals surface area (Å²) in [5.74, 6) is 0.285. The maximum atomic E-state index is 11.0. The van der Waals surface area contributed by atoms with Gasteiger partial charge in [0.15, 0.2) is 11.5 Å². The maximum absolute atomic E-state index is 11.0. The average Bonchev–Trinajstić information content (AvgIpc) is 3.07. The first-order chi connectivity index (χ1) is 8.10. The van der Waals surface area contributed by atoms with Gasteiger partial charge in [0.25, 0.3) is 0 Å². The van der Waals surface area contributed by atoms with Gasteiger partial charge >= 0.3 is 5.97 Å². The van der Waals surface area contributed by atoms with Gasteiger partial charge in [0, 0.05) is 5.41 Å². The van der Waals surface area contributed by atoms with E-state index in [2.05, 4.69) is 0 Å². The molecule has 3 rings (SSSR count). The van der Waals surface area contributed by atoms with Crippen molar-refractivity contribution in [2.24, 2.45) is 5.41 Å². The lowest BCUT2D eigenvalue weighted by molar-refractivity contribution is 0.0695. The summed E-state index contributed by atoms with van der Waals surface area (Å²) in [4.78, 5) is 11.0. The van der Waals surface area contributed by atoms with Crippen molar-refractivity contribution in [2.75, 3.05) is 13.2 Å². The summed E-state index contributed by atoms with van der Waals surface area (Å²) in [6.07, 6.45) is 2.26. The van der Waals surface area contributed by atoms with Gasteiger partial charge in [0.05, 0.1) is 18.8 Å². The largest absolute Gasteiger partial charge is 0.489 e. The number of aromatic carboxylic acids is 1. The molecule has 0 amide bonds. The third kappa shape index (κ3) is 1.73. The predicted octanol–water partition coefficient (Wildman–Crippen LogP) is 2.24. The zero-order valence-electron chi connectivity index (χ0n) is 9.66. The van der Waals surface area contributed by atoms with E-state index in [1.807, 2.05) is 0 Å². The van der Waals surface area contributed by atoms with Crippen LogP contribution in [0, 0.1) is 12.3 Å². The third-order valence-electron chi connectivity index (χ3n) is 3.55. The number of rotatable bonds is 1. The number of benzene rings is 1. The smallest absolute Gasteiger partial charge is 0.336 e. The van der Waals surface area contributed by atoms with E-state index in [9.17, 15) is 4.79 Å². The Balaban J connectivity index is 1.98. The van der Waals surface area contributed by atoms with Gasteiger partial charge in [-0.05, 0) is 37.5 Å². The molecule has 90 valence electrons. The molecule has 0 saturated heterocycles. The molecule has 2 aliphatic rings. The van der Waals surface area contributed by atoms with Crippen LogP contribution < -0.4 is 9.47 Å². The SMILES string of the molecule is Cc1cc2c(cc1C(=O)O)OCC1(CC1)CO2. The molecule has 1 aromatic carbocycles. The summed E-state index contributed by atoms with van der Waals surface area (Å²) in [6, 6.07) is 3.31. The van der Waals surface area contributed by atoms with Gasteiger partial charge in [-0.2, -0.15) is 0 Å². The second kappa shape index (κ2) is 3.39. The fourth-order valence-electron chi connectivity index (χ4n) is 2.09. The number of fused-ring (bicyclic) bond motifs is 1. The topological polar surface area (TPSA) is 55.8 Å². The Bertz CT molecular complexity index is 488. The third-order valence-corrected chi connectivity index (χ3v) is 3.55. The van der Waals surface area contributed by atoms with E-state index in [1.165, 1.54) is 0 Å². The van der Waals surface area contributed by atoms with Crippen molar-refractivity contribution in [3.8, 4) is 11.5 Å². The zero-order chi connectivity index (χ0) is 12.0. The van der Waals surface area contributed by atoms with Crippen LogP contribution in [0.3, 0.4) is 0 Å². The minimum atomic E-state index is -0.931. The summed E-state index contributed by atoms with van der Waals surface area (Å²) in [5.41, 5.74) is 1.15. The summed E-state index contributed by atoms with van der Waals surface area (Å²) < 4.78 is 11.4. The van der Waals surface area contributed by atoms with E-state index in [-0.39, 0.29) is 11.0 Å². The highest BCUT2D eigenvalue weighted by Gasteiger charge is 2.46. The van der Waals surface area contributed by atoms with Crippen LogP contribution in [0.15, 0.2) is 12.1 Å². The first kappa shape index (κ1) is 10.4. The van der Waals surface area contributed by atoms with Gasteiger partial charge in [-0.25, -0.2) is 4.79 Å². The van der Waals surface area contributed by atoms with Crippen molar-refractivity contribution in [2.45, 2.75) is 19.8 Å². The number of carboxylic acids is 1. The maximum Gasteiger partial charge on any atom is 0.336 e. The van der Waals surface area contributed by atoms with E-state index in [4.69, 9.17) is 14.6 Å². The van der Waals surface area contributed by atoms with Gasteiger partial charge in [-0.3, -0.25) is 0 Å². The highest BCUT2D eigenvalue weighted by atomic mass is 16.5. The Morgan fingerprint density at radius 3 is 2.35 bits per heavy atom. The second-order valence-electron chi connectivity index (χ2n) is 5.00. The van der Waals surface area contributed by atoms with Gasteiger partial charge in [0.2, 0.25) is 0 Å². The summed E-state index contributed by atoms with van der Waals surface area (Å²) in [7, 11) is 0. The molecule has 0 radical (unpaired) electrons. The van der Waals surface area contributed by atoms with Gasteiger partial charge in [-0.1, -0.05) is 0 Å². The second-order valence-corrected chi connectivity index (χ2v) is 5.00. The standard InChI is InChI=1S/C13H14O4/c1-8-4-10-11(5-9(8)12(14)15)17-7-13(2-3-13)6-16-10/h4-5H,2-3,6-7H2,1H3,(H,14,15). The van der Waals surface area contributed by atoms with Crippen LogP contribution in [0.25, 0.3) is 0 Å². The molecule has 1 saturated carbocycles. The van der Waals surface area contributed by atoms with E-state index in [1.54, 1.807) is 19.1 Å². The lowest BCUT2D eigenvalue weighted by atomic mass is 10.1. The fourth-order valence-corrected chi connectivity index (χ4v) is 2.09. The van der Waals surface area contributed by atoms with Crippen molar-refractivity contribution in [3.63, 3.8) is 0 Å². The number of hydrogen-bond acceptors (Lipinski definition) is 3. The Labute approximate surface area is 99.2 Å². The first-order valence-electron chi connectivity index (χ1n) is 5.73. The van der Waals surface area contributed by atoms with Crippen molar-refractivity contribution in [1.29, 1.82) is 0 Å². The minimum absolute atomic E-state index is 0.177. The van der Waals surface area contributed by atoms with Crippen LogP contribution in [0.1, 0.15) is 28.8 Å². The molecule has 1 heterocycles. The molecule has 1 spiro atoms. The Morgan fingerprint density at radius 1 is 1.24 bits per heavy atom. The predicted molar refractivity (Wildman–Crippen MR) is 60.8 cm³/mol. The van der Waals surface area contributed by atoms with E-state index in [0.29, 0.717) is 30.3 Å². The quantitative estimate of drug-likeness (QED) is 0.809. The molecule has 1 aliphatic heterocycles. The highest BCUT2D eigenvalue weighted by molar-refractivity contribution is 5.90. The minimum Gasteiger partial charge on any atom is -0.489 e. The molecule has 4 nitrogen and oxygen atoms in total. The van der Waals surface area contributed by atoms with E-state index >= 15 is 0 Å². The Morgan fingerprint density at radius 2 is 1.82 bits per heavy atom. The molecule has 4 heteroatoms. The summed E-state index contributed by atoms with van der Waals surface area (Å²) >= 11 is 0. The normalized spacial score (nSPS) is 19.8. The van der Waals surface area contributed by atoms with Gasteiger partial charge in [0.1, 0.15) is 0 Å². The summed E-state index contributed by atoms with van der Waals surface area (Å²) in [6.45, 7) is 3.07. The average molecular weight is 234 g/mol. The number of carbonyl (C=O) groups is 1. The molecule has 0 bridgehead atoms. The lowest BCUT2D eigenvalue weighted by Gasteiger charge is -2.09. The van der Waals surface area contributed by atoms with Crippen LogP contribution in [0.2, 0.25) is 0 Å². The van der Waals surface area contributed by atoms with Crippen molar-refractivity contribution in [1.82, 2.24) is 0 Å². The molecule has 1 aromatic rings. The van der Waals surface area contributed by atoms with Crippen LogP contribution >= 0.6 is 0 Å². The fraction of sp³-hybridized carbons (Fsp3) is 0.462. The Kier molecular flexibility index (Phi) is 2.08. The molecule has 0 unspecified atom stereocenters. The van der Waals surface area contributed by atoms with Crippen molar-refractivity contribution in [3.05, 3.63) is 23.3 Å². The van der Waals surface area contributed by atoms with Gasteiger partial charge < -0.3 is 14.6 Å². The summed E-state index contributed by atoms with van der Waals surface area (Å²) in [5, 5.41) is 9.06. The van der Waals surface area contributed by atoms with Gasteiger partial charge in [-0.15, -0.1) is 0 Å². The van der Waals surface area contributed by atoms with E-state index in [0.717, 1.165) is 12.8 Å².